The molecule has 0 saturated heterocycles. The van der Waals surface area contributed by atoms with Gasteiger partial charge in [-0.15, -0.1) is 16.4 Å². The van der Waals surface area contributed by atoms with Crippen molar-refractivity contribution >= 4 is 34.7 Å². The quantitative estimate of drug-likeness (QED) is 0.548. The zero-order chi connectivity index (χ0) is 15.9. The van der Waals surface area contributed by atoms with Crippen molar-refractivity contribution in [1.29, 1.82) is 0 Å². The molecule has 0 saturated carbocycles. The van der Waals surface area contributed by atoms with Gasteiger partial charge in [0.2, 0.25) is 11.1 Å². The molecule has 6 heteroatoms. The van der Waals surface area contributed by atoms with Gasteiger partial charge in [0.15, 0.2) is 0 Å². The van der Waals surface area contributed by atoms with Crippen LogP contribution in [-0.2, 0) is 12.2 Å². The Hall–Kier alpha value is -1.79. The number of aromatic nitrogens is 3. The highest BCUT2D eigenvalue weighted by Gasteiger charge is 2.05. The van der Waals surface area contributed by atoms with E-state index >= 15 is 0 Å². The first-order valence-electron chi connectivity index (χ1n) is 7.77. The van der Waals surface area contributed by atoms with E-state index in [-0.39, 0.29) is 0 Å². The summed E-state index contributed by atoms with van der Waals surface area (Å²) in [6.07, 6.45) is 3.60. The fourth-order valence-corrected chi connectivity index (χ4v) is 3.74. The van der Waals surface area contributed by atoms with Crippen LogP contribution in [0.5, 0.6) is 0 Å². The number of nitrogens with one attached hydrogen (secondary N) is 2. The van der Waals surface area contributed by atoms with Gasteiger partial charge in [-0.2, -0.15) is 4.98 Å². The predicted octanol–water partition coefficient (Wildman–Crippen LogP) is 5.24. The summed E-state index contributed by atoms with van der Waals surface area (Å²) in [5.74, 6) is 1.58. The highest BCUT2D eigenvalue weighted by atomic mass is 32.2. The lowest BCUT2D eigenvalue weighted by Gasteiger charge is -2.04. The first kappa shape index (κ1) is 16.1. The monoisotopic (exact) mass is 344 g/mol. The number of hydrogen-bond acceptors (Lipinski definition) is 5. The van der Waals surface area contributed by atoms with Crippen molar-refractivity contribution in [2.24, 2.45) is 0 Å². The van der Waals surface area contributed by atoms with Crippen molar-refractivity contribution in [3.63, 3.8) is 0 Å². The fraction of sp³-hybridized carbons (Fsp3) is 0.294. The summed E-state index contributed by atoms with van der Waals surface area (Å²) < 4.78 is 0. The third kappa shape index (κ3) is 4.84. The summed E-state index contributed by atoms with van der Waals surface area (Å²) in [6.45, 7) is 2.22. The summed E-state index contributed by atoms with van der Waals surface area (Å²) in [5, 5.41) is 13.3. The van der Waals surface area contributed by atoms with E-state index in [1.807, 2.05) is 0 Å². The Morgan fingerprint density at radius 2 is 2.09 bits per heavy atom. The number of H-pyrrole nitrogens is 1. The van der Waals surface area contributed by atoms with Crippen LogP contribution in [0.1, 0.15) is 30.2 Å². The van der Waals surface area contributed by atoms with Crippen LogP contribution in [0, 0.1) is 0 Å². The van der Waals surface area contributed by atoms with Crippen LogP contribution in [0.25, 0.3) is 0 Å². The van der Waals surface area contributed by atoms with Crippen LogP contribution < -0.4 is 5.32 Å². The topological polar surface area (TPSA) is 53.6 Å². The van der Waals surface area contributed by atoms with Crippen molar-refractivity contribution in [1.82, 2.24) is 15.2 Å². The number of unbranched alkanes of at least 4 members (excludes halogenated alkanes) is 1. The normalized spacial score (nSPS) is 10.8. The number of aryl methyl sites for hydroxylation is 1. The molecule has 0 radical (unpaired) electrons. The number of anilines is 2. The number of aromatic amines is 1. The van der Waals surface area contributed by atoms with E-state index in [0.29, 0.717) is 5.95 Å². The largest absolute Gasteiger partial charge is 0.325 e. The molecule has 3 aromatic rings. The number of thioether (sulfide) groups is 1. The Balaban J connectivity index is 1.53. The molecular formula is C17H20N4S2. The smallest absolute Gasteiger partial charge is 0.223 e. The van der Waals surface area contributed by atoms with E-state index in [1.165, 1.54) is 23.3 Å². The zero-order valence-electron chi connectivity index (χ0n) is 13.1. The van der Waals surface area contributed by atoms with Gasteiger partial charge in [0.1, 0.15) is 0 Å². The van der Waals surface area contributed by atoms with Gasteiger partial charge in [-0.25, -0.2) is 5.10 Å². The zero-order valence-corrected chi connectivity index (χ0v) is 14.7. The lowest BCUT2D eigenvalue weighted by Crippen LogP contribution is -1.93. The van der Waals surface area contributed by atoms with Gasteiger partial charge >= 0.3 is 0 Å². The second-order valence-corrected chi connectivity index (χ2v) is 7.23. The Kier molecular flexibility index (Phi) is 5.71. The van der Waals surface area contributed by atoms with Crippen molar-refractivity contribution in [2.75, 3.05) is 5.32 Å². The first-order chi connectivity index (χ1) is 11.3. The maximum atomic E-state index is 4.47. The molecule has 0 unspecified atom stereocenters. The van der Waals surface area contributed by atoms with Gasteiger partial charge in [0.25, 0.3) is 0 Å². The molecular weight excluding hydrogens is 324 g/mol. The van der Waals surface area contributed by atoms with Crippen LogP contribution in [0.4, 0.5) is 11.6 Å². The third-order valence-corrected chi connectivity index (χ3v) is 5.38. The molecule has 0 bridgehead atoms. The maximum Gasteiger partial charge on any atom is 0.223 e. The second-order valence-electron chi connectivity index (χ2n) is 5.26. The highest BCUT2D eigenvalue weighted by Crippen LogP contribution is 2.23. The molecule has 2 aromatic heterocycles. The number of hydrogen-bond donors (Lipinski definition) is 2. The number of nitrogens with zero attached hydrogens (tertiary/aromatic N) is 2. The standard InChI is InChI=1S/C17H20N4S2/c1-2-3-5-13-7-9-14(10-8-13)18-16-19-17(21-20-16)23-12-15-6-4-11-22-15/h4,6-11H,2-3,5,12H2,1H3,(H2,18,19,20,21). The van der Waals surface area contributed by atoms with Crippen LogP contribution in [0.3, 0.4) is 0 Å². The van der Waals surface area contributed by atoms with Crippen LogP contribution in [0.15, 0.2) is 46.9 Å². The Morgan fingerprint density at radius 1 is 1.22 bits per heavy atom. The second kappa shape index (κ2) is 8.17. The summed E-state index contributed by atoms with van der Waals surface area (Å²) in [6, 6.07) is 12.7. The van der Waals surface area contributed by atoms with Gasteiger partial charge in [0, 0.05) is 16.3 Å². The molecule has 0 aliphatic rings. The van der Waals surface area contributed by atoms with E-state index in [4.69, 9.17) is 0 Å². The van der Waals surface area contributed by atoms with Crippen molar-refractivity contribution in [3.05, 3.63) is 52.2 Å². The molecule has 0 atom stereocenters. The molecule has 4 nitrogen and oxygen atoms in total. The van der Waals surface area contributed by atoms with Gasteiger partial charge in [-0.3, -0.25) is 0 Å². The van der Waals surface area contributed by atoms with Gasteiger partial charge < -0.3 is 5.32 Å². The molecule has 0 aliphatic carbocycles. The molecule has 2 heterocycles. The lowest BCUT2D eigenvalue weighted by molar-refractivity contribution is 0.795. The van der Waals surface area contributed by atoms with Gasteiger partial charge in [-0.05, 0) is 42.0 Å². The summed E-state index contributed by atoms with van der Waals surface area (Å²) in [7, 11) is 0. The maximum absolute atomic E-state index is 4.47. The Labute approximate surface area is 144 Å². The molecule has 2 N–H and O–H groups in total. The summed E-state index contributed by atoms with van der Waals surface area (Å²) in [4.78, 5) is 5.80. The summed E-state index contributed by atoms with van der Waals surface area (Å²) >= 11 is 3.39. The van der Waals surface area contributed by atoms with Crippen LogP contribution in [-0.4, -0.2) is 15.2 Å². The Morgan fingerprint density at radius 3 is 2.83 bits per heavy atom. The van der Waals surface area contributed by atoms with Crippen LogP contribution >= 0.6 is 23.1 Å². The van der Waals surface area contributed by atoms with E-state index < -0.39 is 0 Å². The van der Waals surface area contributed by atoms with Crippen molar-refractivity contribution in [3.8, 4) is 0 Å². The minimum absolute atomic E-state index is 0.681. The molecule has 23 heavy (non-hydrogen) atoms. The van der Waals surface area contributed by atoms with E-state index in [1.54, 1.807) is 23.1 Å². The van der Waals surface area contributed by atoms with E-state index in [2.05, 4.69) is 69.2 Å². The number of rotatable bonds is 8. The van der Waals surface area contributed by atoms with Crippen LogP contribution in [0.2, 0.25) is 0 Å². The fourth-order valence-electron chi connectivity index (χ4n) is 2.17. The van der Waals surface area contributed by atoms with Crippen molar-refractivity contribution < 1.29 is 0 Å². The molecule has 120 valence electrons. The lowest BCUT2D eigenvalue weighted by atomic mass is 10.1. The third-order valence-electron chi connectivity index (χ3n) is 3.42. The molecule has 0 aliphatic heterocycles. The van der Waals surface area contributed by atoms with Gasteiger partial charge in [0.05, 0.1) is 0 Å². The molecule has 3 rings (SSSR count). The van der Waals surface area contributed by atoms with E-state index in [9.17, 15) is 0 Å². The SMILES string of the molecule is CCCCc1ccc(Nc2nc(SCc3cccs3)n[nH]2)cc1. The average molecular weight is 345 g/mol. The molecule has 1 aromatic carbocycles. The minimum atomic E-state index is 0.681. The Bertz CT molecular complexity index is 705. The summed E-state index contributed by atoms with van der Waals surface area (Å²) in [5.41, 5.74) is 2.40. The molecule has 0 fully saturated rings. The minimum Gasteiger partial charge on any atom is -0.325 e. The molecule has 0 spiro atoms. The molecule has 0 amide bonds. The van der Waals surface area contributed by atoms with E-state index in [0.717, 1.165) is 23.0 Å². The highest BCUT2D eigenvalue weighted by molar-refractivity contribution is 7.98. The first-order valence-corrected chi connectivity index (χ1v) is 9.63. The number of benzene rings is 1. The van der Waals surface area contributed by atoms with Gasteiger partial charge in [-0.1, -0.05) is 43.3 Å². The number of thiophene rings is 1. The predicted molar refractivity (Wildman–Crippen MR) is 98.6 cm³/mol. The van der Waals surface area contributed by atoms with Crippen molar-refractivity contribution in [2.45, 2.75) is 37.1 Å². The average Bonchev–Trinajstić information content (AvgIpc) is 3.24.